The molecule has 4 aliphatic rings. The lowest BCUT2D eigenvalue weighted by atomic mass is 9.66. The number of hydrogen-bond donors (Lipinski definition) is 5. The van der Waals surface area contributed by atoms with Gasteiger partial charge in [0.05, 0.1) is 11.6 Å². The Bertz CT molecular complexity index is 1840. The molecule has 10 heteroatoms. The van der Waals surface area contributed by atoms with Gasteiger partial charge in [-0.25, -0.2) is 0 Å². The molecular formula is C39H45N5O5. The number of H-pyrrole nitrogens is 1. The zero-order valence-electron chi connectivity index (χ0n) is 27.7. The van der Waals surface area contributed by atoms with Gasteiger partial charge in [0.15, 0.2) is 0 Å². The van der Waals surface area contributed by atoms with Crippen molar-refractivity contribution in [2.45, 2.75) is 43.7 Å². The number of aliphatic hydroxyl groups excluding tert-OH is 1. The van der Waals surface area contributed by atoms with Crippen LogP contribution in [0.1, 0.15) is 69.5 Å². The fourth-order valence-electron chi connectivity index (χ4n) is 8.18. The summed E-state index contributed by atoms with van der Waals surface area (Å²) in [4.78, 5) is 45.6. The molecule has 4 aromatic rings. The minimum atomic E-state index is -0.818. The second-order valence-corrected chi connectivity index (χ2v) is 13.8. The number of aromatic hydroxyl groups is 1. The van der Waals surface area contributed by atoms with E-state index in [1.54, 1.807) is 36.4 Å². The number of amides is 2. The molecule has 3 aromatic carbocycles. The average Bonchev–Trinajstić information content (AvgIpc) is 3.12. The van der Waals surface area contributed by atoms with Crippen LogP contribution < -0.4 is 16.2 Å². The Morgan fingerprint density at radius 3 is 2.35 bits per heavy atom. The van der Waals surface area contributed by atoms with Gasteiger partial charge in [0.25, 0.3) is 11.8 Å². The van der Waals surface area contributed by atoms with Crippen molar-refractivity contribution in [3.8, 4) is 5.75 Å². The van der Waals surface area contributed by atoms with E-state index in [0.717, 1.165) is 25.9 Å². The van der Waals surface area contributed by atoms with Crippen LogP contribution in [0.25, 0.3) is 10.9 Å². The van der Waals surface area contributed by atoms with E-state index in [9.17, 15) is 24.6 Å². The number of carbonyl (C=O) groups excluding carboxylic acids is 2. The number of carbonyl (C=O) groups is 2. The number of likely N-dealkylation sites (tertiary alicyclic amines) is 1. The predicted octanol–water partition coefficient (Wildman–Crippen LogP) is 4.02. The van der Waals surface area contributed by atoms with Crippen LogP contribution in [0.5, 0.6) is 5.75 Å². The highest BCUT2D eigenvalue weighted by Crippen LogP contribution is 2.46. The molecule has 0 saturated carbocycles. The lowest BCUT2D eigenvalue weighted by Gasteiger charge is -2.57. The Morgan fingerprint density at radius 1 is 0.878 bits per heavy atom. The molecule has 5 heterocycles. The molecule has 8 rings (SSSR count). The highest BCUT2D eigenvalue weighted by Gasteiger charge is 2.51. The van der Waals surface area contributed by atoms with Crippen molar-refractivity contribution in [2.24, 2.45) is 11.8 Å². The molecule has 256 valence electrons. The molecule has 0 aliphatic carbocycles. The first kappa shape index (κ1) is 33.0. The van der Waals surface area contributed by atoms with Crippen LogP contribution in [0.2, 0.25) is 0 Å². The smallest absolute Gasteiger partial charge is 0.254 e. The zero-order chi connectivity index (χ0) is 33.9. The third-order valence-corrected chi connectivity index (χ3v) is 10.9. The molecule has 1 aromatic heterocycles. The van der Waals surface area contributed by atoms with E-state index in [1.807, 2.05) is 6.07 Å². The molecule has 5 N–H and O–H groups in total. The molecule has 0 radical (unpaired) electrons. The summed E-state index contributed by atoms with van der Waals surface area (Å²) in [7, 11) is 0. The minimum Gasteiger partial charge on any atom is -0.506 e. The van der Waals surface area contributed by atoms with E-state index >= 15 is 0 Å². The fourth-order valence-corrected chi connectivity index (χ4v) is 8.18. The van der Waals surface area contributed by atoms with Gasteiger partial charge in [-0.1, -0.05) is 36.4 Å². The predicted molar refractivity (Wildman–Crippen MR) is 189 cm³/mol. The van der Waals surface area contributed by atoms with Gasteiger partial charge in [0.1, 0.15) is 5.75 Å². The number of aromatic amines is 1. The third kappa shape index (κ3) is 6.99. The van der Waals surface area contributed by atoms with E-state index in [4.69, 9.17) is 0 Å². The first-order chi connectivity index (χ1) is 23.9. The van der Waals surface area contributed by atoms with Gasteiger partial charge in [0, 0.05) is 60.7 Å². The Kier molecular flexibility index (Phi) is 9.79. The van der Waals surface area contributed by atoms with Gasteiger partial charge in [-0.05, 0) is 105 Å². The number of aromatic nitrogens is 1. The number of fused-ring (bicyclic) bond motifs is 4. The fraction of sp³-hybridized carbons (Fsp3) is 0.410. The van der Waals surface area contributed by atoms with Crippen molar-refractivity contribution in [3.63, 3.8) is 0 Å². The molecule has 4 saturated heterocycles. The van der Waals surface area contributed by atoms with Crippen LogP contribution in [-0.2, 0) is 0 Å². The number of unbranched alkanes of at least 4 members (excludes halogenated alkanes) is 1. The summed E-state index contributed by atoms with van der Waals surface area (Å²) in [5, 5.41) is 27.6. The van der Waals surface area contributed by atoms with Crippen molar-refractivity contribution in [2.75, 3.05) is 45.8 Å². The van der Waals surface area contributed by atoms with Crippen molar-refractivity contribution in [1.29, 1.82) is 0 Å². The second kappa shape index (κ2) is 14.5. The molecule has 4 atom stereocenters. The van der Waals surface area contributed by atoms with E-state index in [-0.39, 0.29) is 29.2 Å². The zero-order valence-corrected chi connectivity index (χ0v) is 27.7. The Morgan fingerprint density at radius 2 is 1.61 bits per heavy atom. The van der Waals surface area contributed by atoms with Crippen molar-refractivity contribution >= 4 is 22.7 Å². The molecule has 4 unspecified atom stereocenters. The van der Waals surface area contributed by atoms with E-state index in [0.29, 0.717) is 65.0 Å². The summed E-state index contributed by atoms with van der Waals surface area (Å²) in [6.45, 7) is 5.61. The Hall–Kier alpha value is -4.51. The maximum atomic E-state index is 13.8. The first-order valence-corrected chi connectivity index (χ1v) is 17.6. The van der Waals surface area contributed by atoms with Crippen LogP contribution in [0.3, 0.4) is 0 Å². The number of nitrogens with zero attached hydrogens (tertiary/aromatic N) is 2. The molecule has 49 heavy (non-hydrogen) atoms. The maximum Gasteiger partial charge on any atom is 0.254 e. The molecule has 2 amide bonds. The number of aliphatic hydroxyl groups is 1. The van der Waals surface area contributed by atoms with Gasteiger partial charge in [0.2, 0.25) is 5.56 Å². The normalized spacial score (nSPS) is 23.6. The highest BCUT2D eigenvalue weighted by molar-refractivity contribution is 5.98. The van der Waals surface area contributed by atoms with Crippen LogP contribution in [0.4, 0.5) is 0 Å². The molecule has 4 fully saturated rings. The summed E-state index contributed by atoms with van der Waals surface area (Å²) in [5.41, 5.74) is 3.07. The molecular weight excluding hydrogens is 618 g/mol. The topological polar surface area (TPSA) is 138 Å². The average molecular weight is 664 g/mol. The number of hydrogen-bond acceptors (Lipinski definition) is 7. The number of pyridine rings is 1. The summed E-state index contributed by atoms with van der Waals surface area (Å²) >= 11 is 0. The summed E-state index contributed by atoms with van der Waals surface area (Å²) in [6, 6.07) is 24.0. The number of phenols is 1. The summed E-state index contributed by atoms with van der Waals surface area (Å²) < 4.78 is 0. The van der Waals surface area contributed by atoms with Crippen LogP contribution in [-0.4, -0.2) is 88.7 Å². The van der Waals surface area contributed by atoms with E-state index < -0.39 is 6.10 Å². The summed E-state index contributed by atoms with van der Waals surface area (Å²) in [5.74, 6) is 1.35. The van der Waals surface area contributed by atoms with Gasteiger partial charge < -0.3 is 35.6 Å². The van der Waals surface area contributed by atoms with Gasteiger partial charge in [-0.15, -0.1) is 0 Å². The van der Waals surface area contributed by atoms with Crippen LogP contribution in [0, 0.1) is 11.8 Å². The monoisotopic (exact) mass is 663 g/mol. The lowest BCUT2D eigenvalue weighted by Crippen LogP contribution is -2.65. The van der Waals surface area contributed by atoms with Gasteiger partial charge in [-0.2, -0.15) is 0 Å². The molecule has 4 aliphatic heterocycles. The minimum absolute atomic E-state index is 0.0417. The van der Waals surface area contributed by atoms with Crippen molar-refractivity contribution in [3.05, 3.63) is 111 Å². The number of rotatable bonds is 12. The largest absolute Gasteiger partial charge is 0.506 e. The highest BCUT2D eigenvalue weighted by atomic mass is 16.3. The number of piperidine rings is 3. The van der Waals surface area contributed by atoms with Crippen LogP contribution >= 0.6 is 0 Å². The molecule has 0 spiro atoms. The van der Waals surface area contributed by atoms with Crippen LogP contribution in [0.15, 0.2) is 83.7 Å². The number of phenolic OH excluding ortho intramolecular Hbond substituents is 1. The SMILES string of the molecule is O=C(NCCCCNCC(O)c1ccc(O)c2[nH]c(=O)ccc12)c1ccc(C(=O)N2CC(c3ccccc3)C2C2CN3CCC2CC3)cc1. The molecule has 2 bridgehead atoms. The number of nitrogens with one attached hydrogen (secondary N) is 3. The van der Waals surface area contributed by atoms with Gasteiger partial charge in [-0.3, -0.25) is 14.4 Å². The quantitative estimate of drug-likeness (QED) is 0.145. The first-order valence-electron chi connectivity index (χ1n) is 17.6. The Balaban J connectivity index is 0.871. The molecule has 10 nitrogen and oxygen atoms in total. The maximum absolute atomic E-state index is 13.8. The number of benzene rings is 3. The Labute approximate surface area is 286 Å². The lowest BCUT2D eigenvalue weighted by molar-refractivity contribution is -0.0468. The van der Waals surface area contributed by atoms with Crippen molar-refractivity contribution < 1.29 is 19.8 Å². The third-order valence-electron chi connectivity index (χ3n) is 10.9. The van der Waals surface area contributed by atoms with Crippen molar-refractivity contribution in [1.82, 2.24) is 25.4 Å². The van der Waals surface area contributed by atoms with E-state index in [2.05, 4.69) is 49.7 Å². The summed E-state index contributed by atoms with van der Waals surface area (Å²) in [6.07, 6.45) is 3.17. The standard InChI is InChI=1S/C39H45N5O5/c45-33-14-12-29(30-13-15-35(47)42-36(30)33)34(46)22-40-18-4-5-19-41-38(48)27-8-10-28(11-9-27)39(49)44-24-32(25-6-2-1-3-7-25)37(44)31-23-43-20-16-26(31)17-21-43/h1-3,6-15,26,31-32,34,37,40,45-46H,4-5,16-24H2,(H,41,48)(H,42,47). The second-order valence-electron chi connectivity index (χ2n) is 13.8. The van der Waals surface area contributed by atoms with E-state index in [1.165, 1.54) is 43.6 Å². The van der Waals surface area contributed by atoms with Gasteiger partial charge >= 0.3 is 0 Å².